The Morgan fingerprint density at radius 3 is 2.45 bits per heavy atom. The average Bonchev–Trinajstić information content (AvgIpc) is 3.43. The Morgan fingerprint density at radius 2 is 1.79 bits per heavy atom. The Kier molecular flexibility index (Phi) is 6.97. The van der Waals surface area contributed by atoms with Crippen molar-refractivity contribution in [1.82, 2.24) is 0 Å². The second-order valence-electron chi connectivity index (χ2n) is 15.7. The first-order valence-electron chi connectivity index (χ1n) is 17.0. The fourth-order valence-electron chi connectivity index (χ4n) is 11.5. The normalized spacial score (nSPS) is 55.5. The molecule has 0 bridgehead atoms. The molecule has 260 valence electrons. The van der Waals surface area contributed by atoms with Gasteiger partial charge in [0.15, 0.2) is 0 Å². The van der Waals surface area contributed by atoms with E-state index in [2.05, 4.69) is 6.92 Å². The van der Waals surface area contributed by atoms with Crippen LogP contribution in [0.25, 0.3) is 0 Å². The number of cyclic esters (lactones) is 1. The highest BCUT2D eigenvalue weighted by molar-refractivity contribution is 5.72. The van der Waals surface area contributed by atoms with Crippen molar-refractivity contribution >= 4 is 17.9 Å². The summed E-state index contributed by atoms with van der Waals surface area (Å²) in [5.74, 6) is -4.41. The van der Waals surface area contributed by atoms with Crippen LogP contribution in [-0.4, -0.2) is 108 Å². The number of epoxide rings is 1. The standard InChI is InChI=1S/C34H46O13/c1-15-9-24(40-6)34(39)29(42-15)45-21-11-19-12-23-33(47-23)27(30(19,4)13-22(21)46-34)26(43-16(2)35)28(44-17(3)36)31(5)20(7-8-32(31,33)38)18-10-25(37)41-14-18/h11,15,18,20-24,26-29,38-39H,7-10,12-14H2,1-6H3/t15-,18?,20-,21-,22-,23+,24-,26+,27-,28+,29+,30+,31+,32-,33+,34+/m1/s1. The van der Waals surface area contributed by atoms with E-state index in [-0.39, 0.29) is 36.9 Å². The lowest BCUT2D eigenvalue weighted by Crippen LogP contribution is -2.78. The van der Waals surface area contributed by atoms with E-state index in [0.29, 0.717) is 32.1 Å². The van der Waals surface area contributed by atoms with E-state index < -0.39 is 88.6 Å². The summed E-state index contributed by atoms with van der Waals surface area (Å²) in [5.41, 5.74) is -3.56. The third-order valence-electron chi connectivity index (χ3n) is 13.4. The van der Waals surface area contributed by atoms with Gasteiger partial charge in [0, 0.05) is 50.0 Å². The van der Waals surface area contributed by atoms with Crippen molar-refractivity contribution in [3.8, 4) is 0 Å². The number of hydrogen-bond donors (Lipinski definition) is 2. The first-order chi connectivity index (χ1) is 22.1. The molecule has 4 heterocycles. The van der Waals surface area contributed by atoms with Gasteiger partial charge in [-0.15, -0.1) is 0 Å². The number of methoxy groups -OCH3 is 1. The Morgan fingerprint density at radius 1 is 1.04 bits per heavy atom. The van der Waals surface area contributed by atoms with Crippen molar-refractivity contribution in [1.29, 1.82) is 0 Å². The van der Waals surface area contributed by atoms with Gasteiger partial charge in [-0.1, -0.05) is 25.5 Å². The number of hydrogen-bond acceptors (Lipinski definition) is 13. The van der Waals surface area contributed by atoms with Gasteiger partial charge < -0.3 is 48.1 Å². The quantitative estimate of drug-likeness (QED) is 0.193. The van der Waals surface area contributed by atoms with Crippen LogP contribution in [0.2, 0.25) is 0 Å². The molecule has 0 aromatic carbocycles. The second kappa shape index (κ2) is 10.2. The number of aliphatic hydroxyl groups is 2. The van der Waals surface area contributed by atoms with Gasteiger partial charge in [-0.05, 0) is 38.5 Å². The summed E-state index contributed by atoms with van der Waals surface area (Å²) in [6.07, 6.45) is -1.23. The summed E-state index contributed by atoms with van der Waals surface area (Å²) in [6, 6.07) is 0. The maximum absolute atomic E-state index is 13.2. The van der Waals surface area contributed by atoms with Crippen molar-refractivity contribution in [2.75, 3.05) is 13.7 Å². The Hall–Kier alpha value is -2.13. The van der Waals surface area contributed by atoms with Crippen LogP contribution in [0.1, 0.15) is 73.1 Å². The molecule has 1 spiro atoms. The molecule has 0 aromatic rings. The van der Waals surface area contributed by atoms with Gasteiger partial charge in [-0.3, -0.25) is 14.4 Å². The van der Waals surface area contributed by atoms with Crippen molar-refractivity contribution in [2.24, 2.45) is 28.6 Å². The zero-order chi connectivity index (χ0) is 33.5. The first-order valence-corrected chi connectivity index (χ1v) is 17.0. The molecule has 0 radical (unpaired) electrons. The molecule has 2 N–H and O–H groups in total. The van der Waals surface area contributed by atoms with Crippen molar-refractivity contribution in [3.05, 3.63) is 11.6 Å². The molecule has 8 aliphatic rings. The zero-order valence-corrected chi connectivity index (χ0v) is 27.8. The van der Waals surface area contributed by atoms with Gasteiger partial charge in [0.05, 0.1) is 31.3 Å². The molecule has 16 atom stereocenters. The van der Waals surface area contributed by atoms with E-state index >= 15 is 0 Å². The molecular formula is C34H46O13. The van der Waals surface area contributed by atoms with Crippen LogP contribution in [-0.2, 0) is 52.3 Å². The van der Waals surface area contributed by atoms with Gasteiger partial charge in [0.1, 0.15) is 35.6 Å². The van der Waals surface area contributed by atoms with Crippen LogP contribution in [0, 0.1) is 28.6 Å². The monoisotopic (exact) mass is 662 g/mol. The highest BCUT2D eigenvalue weighted by atomic mass is 16.8. The van der Waals surface area contributed by atoms with Crippen LogP contribution in [0.15, 0.2) is 11.6 Å². The lowest BCUT2D eigenvalue weighted by Gasteiger charge is -2.65. The molecule has 0 aromatic heterocycles. The molecule has 4 aliphatic carbocycles. The van der Waals surface area contributed by atoms with E-state index in [1.807, 2.05) is 19.9 Å². The Balaban J connectivity index is 1.24. The van der Waals surface area contributed by atoms with E-state index in [9.17, 15) is 24.6 Å². The Labute approximate surface area is 273 Å². The third kappa shape index (κ3) is 4.05. The van der Waals surface area contributed by atoms with Crippen molar-refractivity contribution < 1.29 is 62.5 Å². The molecule has 13 nitrogen and oxygen atoms in total. The predicted octanol–water partition coefficient (Wildman–Crippen LogP) is 1.69. The van der Waals surface area contributed by atoms with Gasteiger partial charge in [-0.2, -0.15) is 0 Å². The molecule has 4 aliphatic heterocycles. The molecule has 0 amide bonds. The number of carbonyl (C=O) groups excluding carboxylic acids is 3. The smallest absolute Gasteiger partial charge is 0.306 e. The number of ether oxygens (including phenoxy) is 8. The third-order valence-corrected chi connectivity index (χ3v) is 13.4. The molecule has 13 heteroatoms. The molecular weight excluding hydrogens is 616 g/mol. The fraction of sp³-hybridized carbons (Fsp3) is 0.853. The summed E-state index contributed by atoms with van der Waals surface area (Å²) in [5, 5.41) is 25.0. The highest BCUT2D eigenvalue weighted by Crippen LogP contribution is 2.78. The molecule has 7 fully saturated rings. The lowest BCUT2D eigenvalue weighted by atomic mass is 9.42. The number of carbonyl (C=O) groups is 3. The minimum absolute atomic E-state index is 0.196. The van der Waals surface area contributed by atoms with Gasteiger partial charge in [-0.25, -0.2) is 0 Å². The second-order valence-corrected chi connectivity index (χ2v) is 15.7. The largest absolute Gasteiger partial charge is 0.465 e. The van der Waals surface area contributed by atoms with Gasteiger partial charge >= 0.3 is 17.9 Å². The van der Waals surface area contributed by atoms with Crippen LogP contribution < -0.4 is 0 Å². The minimum atomic E-state index is -1.85. The van der Waals surface area contributed by atoms with Crippen molar-refractivity contribution in [3.63, 3.8) is 0 Å². The predicted molar refractivity (Wildman–Crippen MR) is 157 cm³/mol. The zero-order valence-electron chi connectivity index (χ0n) is 27.8. The van der Waals surface area contributed by atoms with E-state index in [4.69, 9.17) is 37.9 Å². The summed E-state index contributed by atoms with van der Waals surface area (Å²) in [4.78, 5) is 38.1. The molecule has 4 saturated heterocycles. The SMILES string of the molecule is CO[C@@H]1C[C@@H](C)O[C@H]2O[C@@H]3C=C4C[C@@H]5O[C@]56[C@H]([C@H](OC(C)=O)[C@H](OC(C)=O)[C@]5(C)[C@@H](C7COC(=O)C7)CC[C@@]56O)[C@@]4(C)C[C@H]3O[C@]21O. The van der Waals surface area contributed by atoms with Crippen LogP contribution >= 0.6 is 0 Å². The summed E-state index contributed by atoms with van der Waals surface area (Å²) >= 11 is 0. The molecule has 8 rings (SSSR count). The first kappa shape index (κ1) is 32.1. The number of fused-ring (bicyclic) bond motifs is 5. The van der Waals surface area contributed by atoms with Crippen molar-refractivity contribution in [2.45, 2.75) is 139 Å². The van der Waals surface area contributed by atoms with Gasteiger partial charge in [0.2, 0.25) is 12.1 Å². The number of rotatable bonds is 4. The van der Waals surface area contributed by atoms with Gasteiger partial charge in [0.25, 0.3) is 0 Å². The number of esters is 3. The topological polar surface area (TPSA) is 169 Å². The highest BCUT2D eigenvalue weighted by Gasteiger charge is 2.89. The fourth-order valence-corrected chi connectivity index (χ4v) is 11.5. The molecule has 3 saturated carbocycles. The van der Waals surface area contributed by atoms with E-state index in [1.54, 1.807) is 0 Å². The Bertz CT molecular complexity index is 1420. The van der Waals surface area contributed by atoms with E-state index in [1.165, 1.54) is 21.0 Å². The van der Waals surface area contributed by atoms with Crippen LogP contribution in [0.3, 0.4) is 0 Å². The summed E-state index contributed by atoms with van der Waals surface area (Å²) < 4.78 is 49.0. The minimum Gasteiger partial charge on any atom is -0.465 e. The summed E-state index contributed by atoms with van der Waals surface area (Å²) in [7, 11) is 1.52. The maximum Gasteiger partial charge on any atom is 0.306 e. The van der Waals surface area contributed by atoms with E-state index in [0.717, 1.165) is 5.57 Å². The summed E-state index contributed by atoms with van der Waals surface area (Å²) in [6.45, 7) is 8.68. The lowest BCUT2D eigenvalue weighted by molar-refractivity contribution is -0.450. The average molecular weight is 663 g/mol. The molecule has 1 unspecified atom stereocenters. The van der Waals surface area contributed by atoms with Crippen LogP contribution in [0.5, 0.6) is 0 Å². The molecule has 47 heavy (non-hydrogen) atoms. The van der Waals surface area contributed by atoms with Crippen LogP contribution in [0.4, 0.5) is 0 Å². The maximum atomic E-state index is 13.2.